The third kappa shape index (κ3) is 8.24. The summed E-state index contributed by atoms with van der Waals surface area (Å²) in [4.78, 5) is 24.5. The van der Waals surface area contributed by atoms with Gasteiger partial charge in [-0.2, -0.15) is 0 Å². The van der Waals surface area contributed by atoms with Crippen LogP contribution in [0.4, 0.5) is 0 Å². The topological polar surface area (TPSA) is 52.6 Å². The van der Waals surface area contributed by atoms with Gasteiger partial charge in [0.25, 0.3) is 0 Å². The zero-order valence-corrected chi connectivity index (χ0v) is 17.4. The first-order valence-electron chi connectivity index (χ1n) is 10.3. The fourth-order valence-corrected chi connectivity index (χ4v) is 3.05. The Balaban J connectivity index is 4.92. The largest absolute Gasteiger partial charge is 0.465 e. The molecule has 4 heteroatoms. The fourth-order valence-electron chi connectivity index (χ4n) is 3.05. The summed E-state index contributed by atoms with van der Waals surface area (Å²) in [5, 5.41) is 0. The average Bonchev–Trinajstić information content (AvgIpc) is 2.63. The Morgan fingerprint density at radius 2 is 1.16 bits per heavy atom. The number of carbonyl (C=O) groups is 2. The normalized spacial score (nSPS) is 11.8. The van der Waals surface area contributed by atoms with Crippen LogP contribution >= 0.6 is 0 Å². The molecule has 0 aliphatic heterocycles. The van der Waals surface area contributed by atoms with Gasteiger partial charge in [-0.15, -0.1) is 0 Å². The standard InChI is InChI=1S/C21H40O4/c1-7-13-14-21(12-6,15-24-19(22)17(8-2)9-3)16-25-20(23)18(10-4)11-5/h17-18H,7-16H2,1-6H3. The van der Waals surface area contributed by atoms with Crippen LogP contribution in [0, 0.1) is 17.3 Å². The molecular formula is C21H40O4. The van der Waals surface area contributed by atoms with Crippen LogP contribution < -0.4 is 0 Å². The Morgan fingerprint density at radius 3 is 1.44 bits per heavy atom. The summed E-state index contributed by atoms with van der Waals surface area (Å²) in [5.74, 6) is -0.308. The Hall–Kier alpha value is -1.06. The van der Waals surface area contributed by atoms with E-state index in [1.807, 2.05) is 27.7 Å². The molecule has 148 valence electrons. The number of esters is 2. The van der Waals surface area contributed by atoms with Crippen LogP contribution in [0.15, 0.2) is 0 Å². The van der Waals surface area contributed by atoms with E-state index in [-0.39, 0.29) is 29.2 Å². The molecule has 0 aromatic heterocycles. The van der Waals surface area contributed by atoms with Gasteiger partial charge in [0.1, 0.15) is 13.2 Å². The monoisotopic (exact) mass is 356 g/mol. The minimum Gasteiger partial charge on any atom is -0.465 e. The minimum atomic E-state index is -0.264. The SMILES string of the molecule is CCCCC(CC)(COC(=O)C(CC)CC)COC(=O)C(CC)CC. The first-order valence-corrected chi connectivity index (χ1v) is 10.3. The van der Waals surface area contributed by atoms with Crippen LogP contribution in [-0.4, -0.2) is 25.2 Å². The molecule has 0 aliphatic carbocycles. The van der Waals surface area contributed by atoms with E-state index in [1.54, 1.807) is 0 Å². The van der Waals surface area contributed by atoms with Crippen LogP contribution in [0.3, 0.4) is 0 Å². The van der Waals surface area contributed by atoms with Gasteiger partial charge in [0.15, 0.2) is 0 Å². The van der Waals surface area contributed by atoms with Crippen LogP contribution in [0.2, 0.25) is 0 Å². The van der Waals surface area contributed by atoms with Gasteiger partial charge in [0.2, 0.25) is 0 Å². The van der Waals surface area contributed by atoms with E-state index in [0.29, 0.717) is 13.2 Å². The van der Waals surface area contributed by atoms with E-state index in [1.165, 1.54) is 0 Å². The van der Waals surface area contributed by atoms with E-state index >= 15 is 0 Å². The zero-order chi connectivity index (χ0) is 19.3. The van der Waals surface area contributed by atoms with Crippen LogP contribution in [0.1, 0.15) is 92.9 Å². The lowest BCUT2D eigenvalue weighted by atomic mass is 9.81. The summed E-state index contributed by atoms with van der Waals surface area (Å²) in [7, 11) is 0. The van der Waals surface area contributed by atoms with Crippen molar-refractivity contribution in [1.29, 1.82) is 0 Å². The van der Waals surface area contributed by atoms with E-state index in [2.05, 4.69) is 13.8 Å². The van der Waals surface area contributed by atoms with Gasteiger partial charge < -0.3 is 9.47 Å². The second kappa shape index (κ2) is 13.2. The highest BCUT2D eigenvalue weighted by Crippen LogP contribution is 2.31. The Morgan fingerprint density at radius 1 is 0.760 bits per heavy atom. The molecule has 0 N–H and O–H groups in total. The van der Waals surface area contributed by atoms with E-state index < -0.39 is 0 Å². The maximum Gasteiger partial charge on any atom is 0.308 e. The molecule has 25 heavy (non-hydrogen) atoms. The van der Waals surface area contributed by atoms with E-state index in [9.17, 15) is 9.59 Å². The van der Waals surface area contributed by atoms with Crippen molar-refractivity contribution in [2.45, 2.75) is 92.9 Å². The Kier molecular flexibility index (Phi) is 12.6. The first-order chi connectivity index (χ1) is 11.9. The number of ether oxygens (including phenoxy) is 2. The lowest BCUT2D eigenvalue weighted by molar-refractivity contribution is -0.160. The number of carbonyl (C=O) groups excluding carboxylic acids is 2. The summed E-state index contributed by atoms with van der Waals surface area (Å²) >= 11 is 0. The summed E-state index contributed by atoms with van der Waals surface area (Å²) in [6.07, 6.45) is 7.05. The third-order valence-electron chi connectivity index (χ3n) is 5.49. The lowest BCUT2D eigenvalue weighted by Crippen LogP contribution is -2.36. The predicted octanol–water partition coefficient (Wildman–Crippen LogP) is 5.53. The van der Waals surface area contributed by atoms with Gasteiger partial charge >= 0.3 is 11.9 Å². The van der Waals surface area contributed by atoms with Crippen molar-refractivity contribution in [2.75, 3.05) is 13.2 Å². The van der Waals surface area contributed by atoms with Crippen LogP contribution in [0.25, 0.3) is 0 Å². The Bertz CT molecular complexity index is 342. The molecule has 4 nitrogen and oxygen atoms in total. The molecule has 0 aromatic rings. The lowest BCUT2D eigenvalue weighted by Gasteiger charge is -2.32. The molecular weight excluding hydrogens is 316 g/mol. The zero-order valence-electron chi connectivity index (χ0n) is 17.4. The maximum atomic E-state index is 12.3. The van der Waals surface area contributed by atoms with Crippen molar-refractivity contribution in [3.63, 3.8) is 0 Å². The summed E-state index contributed by atoms with van der Waals surface area (Å²) in [5.41, 5.74) is -0.264. The van der Waals surface area contributed by atoms with Crippen molar-refractivity contribution < 1.29 is 19.1 Å². The smallest absolute Gasteiger partial charge is 0.308 e. The third-order valence-corrected chi connectivity index (χ3v) is 5.49. The number of rotatable bonds is 14. The van der Waals surface area contributed by atoms with Crippen LogP contribution in [0.5, 0.6) is 0 Å². The van der Waals surface area contributed by atoms with Gasteiger partial charge in [0.05, 0.1) is 11.8 Å². The second-order valence-electron chi connectivity index (χ2n) is 7.20. The van der Waals surface area contributed by atoms with Gasteiger partial charge in [0, 0.05) is 5.41 Å². The number of unbranched alkanes of at least 4 members (excludes halogenated alkanes) is 1. The van der Waals surface area contributed by atoms with Gasteiger partial charge in [-0.1, -0.05) is 54.4 Å². The maximum absolute atomic E-state index is 12.3. The number of hydrogen-bond acceptors (Lipinski definition) is 4. The first kappa shape index (κ1) is 23.9. The molecule has 0 fully saturated rings. The minimum absolute atomic E-state index is 0.0344. The highest BCUT2D eigenvalue weighted by atomic mass is 16.5. The second-order valence-corrected chi connectivity index (χ2v) is 7.20. The fraction of sp³-hybridized carbons (Fsp3) is 0.905. The van der Waals surface area contributed by atoms with Crippen LogP contribution in [-0.2, 0) is 19.1 Å². The molecule has 0 amide bonds. The number of hydrogen-bond donors (Lipinski definition) is 0. The van der Waals surface area contributed by atoms with Crippen molar-refractivity contribution in [2.24, 2.45) is 17.3 Å². The molecule has 0 bridgehead atoms. The Labute approximate surface area is 155 Å². The molecule has 0 saturated heterocycles. The average molecular weight is 357 g/mol. The highest BCUT2D eigenvalue weighted by Gasteiger charge is 2.33. The van der Waals surface area contributed by atoms with Gasteiger partial charge in [-0.05, 0) is 38.5 Å². The van der Waals surface area contributed by atoms with Gasteiger partial charge in [-0.25, -0.2) is 0 Å². The van der Waals surface area contributed by atoms with E-state index in [0.717, 1.165) is 51.4 Å². The molecule has 0 aromatic carbocycles. The quantitative estimate of drug-likeness (QED) is 0.384. The molecule has 0 spiro atoms. The molecule has 0 rings (SSSR count). The molecule has 0 radical (unpaired) electrons. The summed E-state index contributed by atoms with van der Waals surface area (Å²) < 4.78 is 11.3. The molecule has 0 unspecified atom stereocenters. The molecule has 0 aliphatic rings. The van der Waals surface area contributed by atoms with Crippen molar-refractivity contribution in [1.82, 2.24) is 0 Å². The molecule has 0 atom stereocenters. The molecule has 0 saturated carbocycles. The van der Waals surface area contributed by atoms with Crippen molar-refractivity contribution in [3.05, 3.63) is 0 Å². The molecule has 0 heterocycles. The van der Waals surface area contributed by atoms with E-state index in [4.69, 9.17) is 9.47 Å². The summed E-state index contributed by atoms with van der Waals surface area (Å²) in [6, 6.07) is 0. The highest BCUT2D eigenvalue weighted by molar-refractivity contribution is 5.72. The van der Waals surface area contributed by atoms with Crippen molar-refractivity contribution >= 4 is 11.9 Å². The van der Waals surface area contributed by atoms with Crippen molar-refractivity contribution in [3.8, 4) is 0 Å². The predicted molar refractivity (Wildman–Crippen MR) is 102 cm³/mol. The van der Waals surface area contributed by atoms with Gasteiger partial charge in [-0.3, -0.25) is 9.59 Å². The summed E-state index contributed by atoms with van der Waals surface area (Å²) in [6.45, 7) is 13.0.